The first-order valence-corrected chi connectivity index (χ1v) is 14.8. The summed E-state index contributed by atoms with van der Waals surface area (Å²) in [5.74, 6) is 0.906. The first kappa shape index (κ1) is 27.9. The first-order valence-electron chi connectivity index (χ1n) is 14.4. The standard InChI is InChI=1S/C34H34ClN5O2/c1-37-16-18-39(19-17-37)33-28(24-27-4-2-3-5-31(27)36-33)10-15-32(41)25-8-13-30(14-9-25)38-20-22-40(23-21-38)34(42)26-6-11-29(35)12-7-26/h2-15,24H,16-23H2,1H3/b15-10+. The van der Waals surface area contributed by atoms with E-state index in [2.05, 4.69) is 33.9 Å². The Balaban J connectivity index is 1.12. The number of halogens is 1. The number of benzene rings is 3. The van der Waals surface area contributed by atoms with Gasteiger partial charge >= 0.3 is 0 Å². The number of para-hydroxylation sites is 1. The van der Waals surface area contributed by atoms with Gasteiger partial charge in [0.1, 0.15) is 5.82 Å². The largest absolute Gasteiger partial charge is 0.368 e. The Morgan fingerprint density at radius 2 is 1.40 bits per heavy atom. The highest BCUT2D eigenvalue weighted by molar-refractivity contribution is 6.30. The number of carbonyl (C=O) groups excluding carboxylic acids is 2. The van der Waals surface area contributed by atoms with Gasteiger partial charge in [0, 0.05) is 85.1 Å². The molecule has 214 valence electrons. The van der Waals surface area contributed by atoms with Crippen molar-refractivity contribution in [3.8, 4) is 0 Å². The molecule has 2 saturated heterocycles. The number of hydrogen-bond donors (Lipinski definition) is 0. The van der Waals surface area contributed by atoms with Crippen molar-refractivity contribution in [3.63, 3.8) is 0 Å². The maximum absolute atomic E-state index is 13.2. The zero-order valence-electron chi connectivity index (χ0n) is 23.7. The molecule has 1 aromatic heterocycles. The van der Waals surface area contributed by atoms with Gasteiger partial charge in [-0.15, -0.1) is 0 Å². The number of fused-ring (bicyclic) bond motifs is 1. The van der Waals surface area contributed by atoms with Crippen LogP contribution in [0.25, 0.3) is 17.0 Å². The van der Waals surface area contributed by atoms with Crippen molar-refractivity contribution in [2.45, 2.75) is 0 Å². The third-order valence-corrected chi connectivity index (χ3v) is 8.38. The number of ketones is 1. The smallest absolute Gasteiger partial charge is 0.253 e. The van der Waals surface area contributed by atoms with E-state index in [1.165, 1.54) is 0 Å². The number of hydrogen-bond acceptors (Lipinski definition) is 6. The number of amides is 1. The average Bonchev–Trinajstić information content (AvgIpc) is 3.04. The van der Waals surface area contributed by atoms with E-state index in [1.807, 2.05) is 53.4 Å². The third kappa shape index (κ3) is 6.17. The Morgan fingerprint density at radius 3 is 2.12 bits per heavy atom. The molecule has 0 spiro atoms. The fourth-order valence-corrected chi connectivity index (χ4v) is 5.68. The summed E-state index contributed by atoms with van der Waals surface area (Å²) in [5, 5.41) is 1.68. The summed E-state index contributed by atoms with van der Waals surface area (Å²) in [5.41, 5.74) is 4.25. The molecule has 0 atom stereocenters. The normalized spacial score (nSPS) is 16.4. The molecular weight excluding hydrogens is 546 g/mol. The van der Waals surface area contributed by atoms with E-state index in [1.54, 1.807) is 30.3 Å². The van der Waals surface area contributed by atoms with Gasteiger partial charge in [0.15, 0.2) is 5.78 Å². The van der Waals surface area contributed by atoms with Crippen molar-refractivity contribution < 1.29 is 9.59 Å². The van der Waals surface area contributed by atoms with Crippen LogP contribution in [0.2, 0.25) is 5.02 Å². The Bertz CT molecular complexity index is 1600. The first-order chi connectivity index (χ1) is 20.4. The number of likely N-dealkylation sites (N-methyl/N-ethyl adjacent to an activating group) is 1. The molecule has 8 heteroatoms. The van der Waals surface area contributed by atoms with E-state index >= 15 is 0 Å². The lowest BCUT2D eigenvalue weighted by Gasteiger charge is -2.36. The van der Waals surface area contributed by atoms with Gasteiger partial charge < -0.3 is 19.6 Å². The Labute approximate surface area is 251 Å². The number of aromatic nitrogens is 1. The highest BCUT2D eigenvalue weighted by Crippen LogP contribution is 2.26. The van der Waals surface area contributed by atoms with Crippen molar-refractivity contribution in [1.29, 1.82) is 0 Å². The summed E-state index contributed by atoms with van der Waals surface area (Å²) in [6.07, 6.45) is 3.56. The molecule has 0 N–H and O–H groups in total. The minimum absolute atomic E-state index is 0.0245. The van der Waals surface area contributed by atoms with Crippen molar-refractivity contribution in [3.05, 3.63) is 107 Å². The van der Waals surface area contributed by atoms with Crippen molar-refractivity contribution in [2.24, 2.45) is 0 Å². The van der Waals surface area contributed by atoms with Crippen molar-refractivity contribution in [2.75, 3.05) is 69.2 Å². The van der Waals surface area contributed by atoms with E-state index in [9.17, 15) is 9.59 Å². The molecule has 2 aliphatic rings. The van der Waals surface area contributed by atoms with E-state index in [-0.39, 0.29) is 11.7 Å². The van der Waals surface area contributed by atoms with Gasteiger partial charge in [-0.2, -0.15) is 0 Å². The van der Waals surface area contributed by atoms with Crippen LogP contribution in [0.1, 0.15) is 26.3 Å². The van der Waals surface area contributed by atoms with Gasteiger partial charge in [-0.25, -0.2) is 4.98 Å². The van der Waals surface area contributed by atoms with Crippen LogP contribution in [0.3, 0.4) is 0 Å². The van der Waals surface area contributed by atoms with Gasteiger partial charge in [-0.3, -0.25) is 9.59 Å². The number of nitrogens with zero attached hydrogens (tertiary/aromatic N) is 5. The van der Waals surface area contributed by atoms with Gasteiger partial charge in [-0.1, -0.05) is 29.8 Å². The lowest BCUT2D eigenvalue weighted by molar-refractivity contribution is 0.0746. The molecule has 0 saturated carbocycles. The second-order valence-corrected chi connectivity index (χ2v) is 11.4. The van der Waals surface area contributed by atoms with Crippen LogP contribution in [-0.4, -0.2) is 85.9 Å². The zero-order valence-corrected chi connectivity index (χ0v) is 24.5. The Kier molecular flexibility index (Phi) is 8.22. The van der Waals surface area contributed by atoms with Crippen LogP contribution in [0.15, 0.2) is 84.9 Å². The van der Waals surface area contributed by atoms with E-state index in [4.69, 9.17) is 16.6 Å². The molecule has 4 aromatic rings. The predicted octanol–water partition coefficient (Wildman–Crippen LogP) is 5.50. The number of anilines is 2. The summed E-state index contributed by atoms with van der Waals surface area (Å²) in [7, 11) is 2.14. The lowest BCUT2D eigenvalue weighted by Crippen LogP contribution is -2.48. The van der Waals surface area contributed by atoms with E-state index in [0.29, 0.717) is 29.2 Å². The molecule has 0 radical (unpaired) electrons. The summed E-state index contributed by atoms with van der Waals surface area (Å²) in [6.45, 7) is 6.52. The highest BCUT2D eigenvalue weighted by Gasteiger charge is 2.23. The molecule has 1 amide bonds. The lowest BCUT2D eigenvalue weighted by atomic mass is 10.1. The Hall–Kier alpha value is -4.20. The Morgan fingerprint density at radius 1 is 0.762 bits per heavy atom. The van der Waals surface area contributed by atoms with Crippen LogP contribution in [0.4, 0.5) is 11.5 Å². The van der Waals surface area contributed by atoms with Gasteiger partial charge in [0.25, 0.3) is 5.91 Å². The topological polar surface area (TPSA) is 60.0 Å². The highest BCUT2D eigenvalue weighted by atomic mass is 35.5. The molecule has 6 rings (SSSR count). The van der Waals surface area contributed by atoms with Crippen LogP contribution in [0.5, 0.6) is 0 Å². The van der Waals surface area contributed by atoms with Crippen LogP contribution < -0.4 is 9.80 Å². The summed E-state index contributed by atoms with van der Waals surface area (Å²) in [6, 6.07) is 25.0. The minimum Gasteiger partial charge on any atom is -0.368 e. The molecule has 0 unspecified atom stereocenters. The molecule has 2 aliphatic heterocycles. The van der Waals surface area contributed by atoms with Crippen LogP contribution in [0, 0.1) is 0 Å². The van der Waals surface area contributed by atoms with Gasteiger partial charge in [-0.05, 0) is 79.9 Å². The molecule has 3 heterocycles. The number of allylic oxidation sites excluding steroid dienone is 1. The number of carbonyl (C=O) groups is 2. The third-order valence-electron chi connectivity index (χ3n) is 8.12. The maximum Gasteiger partial charge on any atom is 0.253 e. The van der Waals surface area contributed by atoms with E-state index < -0.39 is 0 Å². The zero-order chi connectivity index (χ0) is 29.1. The molecule has 42 heavy (non-hydrogen) atoms. The number of rotatable bonds is 6. The fraction of sp³-hybridized carbons (Fsp3) is 0.265. The second kappa shape index (κ2) is 12.3. The van der Waals surface area contributed by atoms with Crippen molar-refractivity contribution >= 4 is 51.8 Å². The number of piperazine rings is 2. The summed E-state index contributed by atoms with van der Waals surface area (Å²) < 4.78 is 0. The minimum atomic E-state index is -0.0441. The fourth-order valence-electron chi connectivity index (χ4n) is 5.56. The monoisotopic (exact) mass is 579 g/mol. The van der Waals surface area contributed by atoms with Crippen molar-refractivity contribution in [1.82, 2.24) is 14.8 Å². The van der Waals surface area contributed by atoms with Gasteiger partial charge in [0.05, 0.1) is 5.52 Å². The SMILES string of the molecule is CN1CCN(c2nc3ccccc3cc2/C=C/C(=O)c2ccc(N3CCN(C(=O)c4ccc(Cl)cc4)CC3)cc2)CC1. The second-order valence-electron chi connectivity index (χ2n) is 10.9. The quantitative estimate of drug-likeness (QED) is 0.222. The summed E-state index contributed by atoms with van der Waals surface area (Å²) >= 11 is 5.96. The maximum atomic E-state index is 13.2. The molecule has 2 fully saturated rings. The summed E-state index contributed by atoms with van der Waals surface area (Å²) in [4.78, 5) is 39.8. The average molecular weight is 580 g/mol. The molecule has 0 bridgehead atoms. The molecule has 0 aliphatic carbocycles. The van der Waals surface area contributed by atoms with E-state index in [0.717, 1.165) is 67.2 Å². The molecule has 3 aromatic carbocycles. The van der Waals surface area contributed by atoms with Crippen LogP contribution >= 0.6 is 11.6 Å². The van der Waals surface area contributed by atoms with Gasteiger partial charge in [0.2, 0.25) is 0 Å². The predicted molar refractivity (Wildman–Crippen MR) is 171 cm³/mol. The van der Waals surface area contributed by atoms with Crippen LogP contribution in [-0.2, 0) is 0 Å². The number of pyridine rings is 1. The molecular formula is C34H34ClN5O2. The molecule has 7 nitrogen and oxygen atoms in total.